The van der Waals surface area contributed by atoms with Crippen LogP contribution in [0.2, 0.25) is 0 Å². The molecule has 0 saturated carbocycles. The summed E-state index contributed by atoms with van der Waals surface area (Å²) in [6.07, 6.45) is -6.55. The normalized spacial score (nSPS) is 19.7. The minimum atomic E-state index is -9.50. The maximum Gasteiger partial charge on any atom is 0.385 e. The van der Waals surface area contributed by atoms with Gasteiger partial charge in [0.25, 0.3) is 0 Å². The Morgan fingerprint density at radius 1 is 0.556 bits per heavy atom. The lowest BCUT2D eigenvalue weighted by molar-refractivity contribution is -0.476. The number of carbonyl (C=O) groups excluding carboxylic acids is 1. The summed E-state index contributed by atoms with van der Waals surface area (Å²) in [4.78, 5) is 11.3. The van der Waals surface area contributed by atoms with E-state index in [2.05, 4.69) is 0 Å². The van der Waals surface area contributed by atoms with Gasteiger partial charge in [0.2, 0.25) is 5.91 Å². The quantitative estimate of drug-likeness (QED) is 0.130. The molecule has 0 radical (unpaired) electrons. The number of hydrogen-bond acceptors (Lipinski definition) is 1. The summed E-state index contributed by atoms with van der Waals surface area (Å²) in [6, 6.07) is -3.62. The Labute approximate surface area is 232 Å². The number of amides is 1. The van der Waals surface area contributed by atoms with Gasteiger partial charge in [-0.1, -0.05) is 13.8 Å². The molecule has 2 atom stereocenters. The topological polar surface area (TPSA) is 20.1 Å². The lowest BCUT2D eigenvalue weighted by Gasteiger charge is -2.45. The Balaban J connectivity index is 3.77. The Bertz CT molecular complexity index is 1110. The third-order valence-corrected chi connectivity index (χ3v) is 6.61. The van der Waals surface area contributed by atoms with Crippen LogP contribution in [0, 0.1) is 5.92 Å². The van der Waals surface area contributed by atoms with Crippen LogP contribution >= 0.6 is 0 Å². The van der Waals surface area contributed by atoms with Crippen molar-refractivity contribution in [2.45, 2.75) is 97.9 Å². The van der Waals surface area contributed by atoms with Crippen molar-refractivity contribution < 1.29 is 110 Å². The highest BCUT2D eigenvalue weighted by atomic mass is 19.4. The zero-order chi connectivity index (χ0) is 36.8. The van der Waals surface area contributed by atoms with Gasteiger partial charge in [0.1, 0.15) is 6.04 Å². The molecule has 0 aliphatic carbocycles. The van der Waals surface area contributed by atoms with E-state index in [1.54, 1.807) is 0 Å². The Hall–Kier alpha value is -2.21. The van der Waals surface area contributed by atoms with E-state index in [1.807, 2.05) is 0 Å². The SMILES string of the molecule is CCC(C)C(=O)N1CC1C(F)(F)C(F)(F)C(F)(F)C(F)(F)C(F)(F)C(F)(F)C(F)(F)C(F)(F)C(F)(F)C(F)(F)C(F)(F)C(F)F. The summed E-state index contributed by atoms with van der Waals surface area (Å²) in [7, 11) is 0. The van der Waals surface area contributed by atoms with Crippen LogP contribution in [-0.4, -0.2) is 95.0 Å². The molecule has 1 fully saturated rings. The van der Waals surface area contributed by atoms with E-state index in [-0.39, 0.29) is 6.42 Å². The zero-order valence-corrected chi connectivity index (χ0v) is 21.1. The molecule has 1 saturated heterocycles. The second-order valence-corrected chi connectivity index (χ2v) is 9.53. The van der Waals surface area contributed by atoms with Gasteiger partial charge in [-0.3, -0.25) is 4.79 Å². The Morgan fingerprint density at radius 3 is 1.09 bits per heavy atom. The molecule has 0 bridgehead atoms. The molecule has 1 aliphatic rings. The van der Waals surface area contributed by atoms with Crippen LogP contribution in [0.5, 0.6) is 0 Å². The molecule has 0 aromatic rings. The highest BCUT2D eigenvalue weighted by Crippen LogP contribution is 2.67. The maximum atomic E-state index is 14.2. The van der Waals surface area contributed by atoms with Crippen LogP contribution < -0.4 is 0 Å². The molecule has 1 rings (SSSR count). The van der Waals surface area contributed by atoms with Crippen LogP contribution in [0.15, 0.2) is 0 Å². The summed E-state index contributed by atoms with van der Waals surface area (Å²) < 4.78 is 326. The molecule has 26 heteroatoms. The molecular formula is C19H13F24NO. The largest absolute Gasteiger partial charge is 0.385 e. The first-order valence-corrected chi connectivity index (χ1v) is 11.1. The van der Waals surface area contributed by atoms with Gasteiger partial charge >= 0.3 is 71.6 Å². The molecule has 0 aromatic carbocycles. The van der Waals surface area contributed by atoms with E-state index in [1.165, 1.54) is 0 Å². The van der Waals surface area contributed by atoms with E-state index < -0.39 is 101 Å². The van der Waals surface area contributed by atoms with Crippen molar-refractivity contribution in [3.8, 4) is 0 Å². The standard InChI is InChI=1S/C19H13F24NO/c1-3-5(2)7(45)44-4-6(44)9(22,23)11(26,27)13(30,31)15(34,35)17(38,39)19(42,43)18(40,41)16(36,37)14(32,33)12(28,29)10(24,25)8(20)21/h5-6,8H,3-4H2,1-2H3. The van der Waals surface area contributed by atoms with Crippen molar-refractivity contribution >= 4 is 5.91 Å². The monoisotopic (exact) mass is 727 g/mol. The van der Waals surface area contributed by atoms with Crippen molar-refractivity contribution in [2.24, 2.45) is 5.92 Å². The highest BCUT2D eigenvalue weighted by Gasteiger charge is 2.99. The molecule has 1 heterocycles. The minimum Gasteiger partial charge on any atom is -0.329 e. The predicted molar refractivity (Wildman–Crippen MR) is 95.4 cm³/mol. The minimum absolute atomic E-state index is 0.289. The summed E-state index contributed by atoms with van der Waals surface area (Å²) in [6.45, 7) is 0.297. The molecule has 45 heavy (non-hydrogen) atoms. The zero-order valence-electron chi connectivity index (χ0n) is 21.1. The number of carbonyl (C=O) groups is 1. The second kappa shape index (κ2) is 10.7. The highest BCUT2D eigenvalue weighted by molar-refractivity contribution is 5.81. The van der Waals surface area contributed by atoms with Gasteiger partial charge in [0.15, 0.2) is 0 Å². The molecule has 0 N–H and O–H groups in total. The average molecular weight is 727 g/mol. The number of nitrogens with zero attached hydrogens (tertiary/aromatic N) is 1. The van der Waals surface area contributed by atoms with Crippen molar-refractivity contribution in [1.82, 2.24) is 4.90 Å². The molecule has 0 spiro atoms. The van der Waals surface area contributed by atoms with Crippen LogP contribution in [0.1, 0.15) is 20.3 Å². The lowest BCUT2D eigenvalue weighted by atomic mass is 9.84. The van der Waals surface area contributed by atoms with E-state index in [9.17, 15) is 110 Å². The van der Waals surface area contributed by atoms with E-state index in [0.717, 1.165) is 13.8 Å². The van der Waals surface area contributed by atoms with Crippen molar-refractivity contribution in [3.63, 3.8) is 0 Å². The first-order chi connectivity index (χ1) is 19.3. The molecule has 2 unspecified atom stereocenters. The molecule has 1 aliphatic heterocycles. The summed E-state index contributed by atoms with van der Waals surface area (Å²) in [5, 5.41) is 0. The fraction of sp³-hybridized carbons (Fsp3) is 0.947. The first-order valence-electron chi connectivity index (χ1n) is 11.1. The van der Waals surface area contributed by atoms with Crippen LogP contribution in [-0.2, 0) is 4.79 Å². The van der Waals surface area contributed by atoms with Gasteiger partial charge in [-0.25, -0.2) is 8.78 Å². The van der Waals surface area contributed by atoms with E-state index >= 15 is 0 Å². The van der Waals surface area contributed by atoms with Crippen molar-refractivity contribution in [2.75, 3.05) is 6.54 Å². The average Bonchev–Trinajstić information content (AvgIpc) is 3.68. The first kappa shape index (κ1) is 40.8. The lowest BCUT2D eigenvalue weighted by Crippen LogP contribution is -2.78. The van der Waals surface area contributed by atoms with Crippen LogP contribution in [0.3, 0.4) is 0 Å². The van der Waals surface area contributed by atoms with Gasteiger partial charge in [0.05, 0.1) is 0 Å². The number of alkyl halides is 24. The molecule has 268 valence electrons. The molecule has 0 aromatic heterocycles. The molecule has 1 amide bonds. The van der Waals surface area contributed by atoms with Crippen LogP contribution in [0.4, 0.5) is 105 Å². The van der Waals surface area contributed by atoms with Crippen LogP contribution in [0.25, 0.3) is 0 Å². The smallest absolute Gasteiger partial charge is 0.329 e. The van der Waals surface area contributed by atoms with Crippen molar-refractivity contribution in [1.29, 1.82) is 0 Å². The predicted octanol–water partition coefficient (Wildman–Crippen LogP) is 8.50. The van der Waals surface area contributed by atoms with Gasteiger partial charge in [-0.15, -0.1) is 0 Å². The number of hydrogen-bond donors (Lipinski definition) is 0. The van der Waals surface area contributed by atoms with Crippen molar-refractivity contribution in [3.05, 3.63) is 0 Å². The van der Waals surface area contributed by atoms with Gasteiger partial charge in [0, 0.05) is 12.5 Å². The summed E-state index contributed by atoms with van der Waals surface area (Å²) >= 11 is 0. The Morgan fingerprint density at radius 2 is 0.822 bits per heavy atom. The van der Waals surface area contributed by atoms with E-state index in [0.29, 0.717) is 0 Å². The fourth-order valence-electron chi connectivity index (χ4n) is 3.30. The second-order valence-electron chi connectivity index (χ2n) is 9.53. The number of rotatable bonds is 14. The third kappa shape index (κ3) is 4.93. The van der Waals surface area contributed by atoms with Gasteiger partial charge in [-0.2, -0.15) is 96.6 Å². The van der Waals surface area contributed by atoms with E-state index in [4.69, 9.17) is 0 Å². The molecule has 2 nitrogen and oxygen atoms in total. The maximum absolute atomic E-state index is 14.2. The Kier molecular flexibility index (Phi) is 9.66. The molecular weight excluding hydrogens is 714 g/mol. The third-order valence-electron chi connectivity index (χ3n) is 6.61. The summed E-state index contributed by atoms with van der Waals surface area (Å²) in [5.74, 6) is -99.6. The van der Waals surface area contributed by atoms with Gasteiger partial charge in [-0.05, 0) is 6.42 Å². The fourth-order valence-corrected chi connectivity index (χ4v) is 3.30. The number of halogens is 24. The summed E-state index contributed by atoms with van der Waals surface area (Å²) in [5.41, 5.74) is 0. The van der Waals surface area contributed by atoms with Gasteiger partial charge < -0.3 is 4.90 Å².